The number of hydrogen-bond donors (Lipinski definition) is 2. The van der Waals surface area contributed by atoms with E-state index in [0.717, 1.165) is 47.7 Å². The first-order chi connectivity index (χ1) is 13.5. The van der Waals surface area contributed by atoms with E-state index in [1.165, 1.54) is 6.07 Å². The van der Waals surface area contributed by atoms with Crippen molar-refractivity contribution in [3.63, 3.8) is 0 Å². The number of carboxylic acid groups (broad SMARTS) is 1. The summed E-state index contributed by atoms with van der Waals surface area (Å²) in [6, 6.07) is 8.14. The fraction of sp³-hybridized carbons (Fsp3) is 0.300. The molecule has 4 rings (SSSR count). The van der Waals surface area contributed by atoms with E-state index in [2.05, 4.69) is 10.3 Å². The first-order valence-electron chi connectivity index (χ1n) is 9.16. The van der Waals surface area contributed by atoms with Crippen LogP contribution in [0.3, 0.4) is 0 Å². The second-order valence-electron chi connectivity index (χ2n) is 6.78. The number of amides is 1. The lowest BCUT2D eigenvalue weighted by molar-refractivity contribution is 0.0702. The number of aromatic nitrogens is 2. The number of rotatable bonds is 4. The van der Waals surface area contributed by atoms with E-state index in [1.54, 1.807) is 28.8 Å². The molecule has 0 unspecified atom stereocenters. The predicted molar refractivity (Wildman–Crippen MR) is 106 cm³/mol. The Balaban J connectivity index is 1.57. The maximum Gasteiger partial charge on any atom is 0.345 e. The fourth-order valence-electron chi connectivity index (χ4n) is 3.42. The number of carbonyl (C=O) groups is 2. The van der Waals surface area contributed by atoms with Gasteiger partial charge in [-0.05, 0) is 43.2 Å². The van der Waals surface area contributed by atoms with Crippen LogP contribution in [0.25, 0.3) is 10.9 Å². The van der Waals surface area contributed by atoms with Crippen LogP contribution in [0, 0.1) is 0 Å². The molecule has 0 radical (unpaired) electrons. The van der Waals surface area contributed by atoms with Gasteiger partial charge in [-0.3, -0.25) is 14.2 Å². The predicted octanol–water partition coefficient (Wildman–Crippen LogP) is 2.81. The highest BCUT2D eigenvalue weighted by Crippen LogP contribution is 2.18. The van der Waals surface area contributed by atoms with Crippen molar-refractivity contribution in [1.82, 2.24) is 14.9 Å². The van der Waals surface area contributed by atoms with E-state index >= 15 is 0 Å². The molecule has 1 aliphatic heterocycles. The van der Waals surface area contributed by atoms with Crippen molar-refractivity contribution in [2.75, 3.05) is 0 Å². The van der Waals surface area contributed by atoms with Gasteiger partial charge in [0.25, 0.3) is 11.5 Å². The van der Waals surface area contributed by atoms with E-state index in [4.69, 9.17) is 5.11 Å². The number of benzene rings is 1. The number of nitrogens with zero attached hydrogens (tertiary/aromatic N) is 2. The Morgan fingerprint density at radius 1 is 1.18 bits per heavy atom. The average molecular weight is 397 g/mol. The number of aryl methyl sites for hydroxylation is 1. The van der Waals surface area contributed by atoms with Gasteiger partial charge < -0.3 is 10.4 Å². The second-order valence-corrected chi connectivity index (χ2v) is 7.95. The first kappa shape index (κ1) is 18.4. The van der Waals surface area contributed by atoms with E-state index < -0.39 is 5.97 Å². The van der Waals surface area contributed by atoms with Crippen molar-refractivity contribution < 1.29 is 14.7 Å². The van der Waals surface area contributed by atoms with Gasteiger partial charge in [0, 0.05) is 23.4 Å². The molecule has 144 valence electrons. The summed E-state index contributed by atoms with van der Waals surface area (Å²) in [5, 5.41) is 12.3. The van der Waals surface area contributed by atoms with Crippen LogP contribution in [-0.4, -0.2) is 26.5 Å². The van der Waals surface area contributed by atoms with Crippen LogP contribution in [-0.2, 0) is 19.5 Å². The largest absolute Gasteiger partial charge is 0.477 e. The van der Waals surface area contributed by atoms with E-state index in [1.807, 2.05) is 0 Å². The number of carbonyl (C=O) groups excluding carboxylic acids is 1. The van der Waals surface area contributed by atoms with Gasteiger partial charge >= 0.3 is 5.97 Å². The highest BCUT2D eigenvalue weighted by atomic mass is 32.1. The second kappa shape index (κ2) is 7.55. The van der Waals surface area contributed by atoms with Gasteiger partial charge in [0.2, 0.25) is 0 Å². The lowest BCUT2D eigenvalue weighted by atomic mass is 10.1. The van der Waals surface area contributed by atoms with Crippen molar-refractivity contribution in [2.24, 2.45) is 0 Å². The third-order valence-electron chi connectivity index (χ3n) is 4.87. The monoisotopic (exact) mass is 397 g/mol. The van der Waals surface area contributed by atoms with E-state index in [0.29, 0.717) is 23.0 Å². The van der Waals surface area contributed by atoms with Gasteiger partial charge in [-0.2, -0.15) is 0 Å². The third-order valence-corrected chi connectivity index (χ3v) is 5.95. The van der Waals surface area contributed by atoms with Crippen LogP contribution in [0.1, 0.15) is 50.0 Å². The topological polar surface area (TPSA) is 101 Å². The van der Waals surface area contributed by atoms with Crippen LogP contribution in [0.4, 0.5) is 0 Å². The Hall–Kier alpha value is -3.00. The van der Waals surface area contributed by atoms with Crippen LogP contribution >= 0.6 is 11.3 Å². The molecule has 0 saturated heterocycles. The number of aromatic carboxylic acids is 1. The molecule has 2 N–H and O–H groups in total. The SMILES string of the molecule is O=C(NCc1ccc(C(=O)O)s1)c1ccc2c(=O)n3c(nc2c1)CCCCC3. The summed E-state index contributed by atoms with van der Waals surface area (Å²) in [6.07, 6.45) is 3.84. The number of thiophene rings is 1. The standard InChI is InChI=1S/C20H19N3O4S/c24-18(21-11-13-6-8-16(28-13)20(26)27)12-5-7-14-15(10-12)22-17-4-2-1-3-9-23(17)19(14)25/h5-8,10H,1-4,9,11H2,(H,21,24)(H,26,27). The van der Waals surface area contributed by atoms with Crippen molar-refractivity contribution in [1.29, 1.82) is 0 Å². The summed E-state index contributed by atoms with van der Waals surface area (Å²) in [4.78, 5) is 41.8. The lowest BCUT2D eigenvalue weighted by Crippen LogP contribution is -2.25. The summed E-state index contributed by atoms with van der Waals surface area (Å²) in [5.41, 5.74) is 0.914. The van der Waals surface area contributed by atoms with Crippen molar-refractivity contribution in [2.45, 2.75) is 38.8 Å². The minimum absolute atomic E-state index is 0.0476. The summed E-state index contributed by atoms with van der Waals surface area (Å²) in [7, 11) is 0. The molecule has 0 spiro atoms. The van der Waals surface area contributed by atoms with Crippen molar-refractivity contribution in [3.8, 4) is 0 Å². The summed E-state index contributed by atoms with van der Waals surface area (Å²) in [6.45, 7) is 0.938. The van der Waals surface area contributed by atoms with Crippen LogP contribution in [0.2, 0.25) is 0 Å². The minimum Gasteiger partial charge on any atom is -0.477 e. The molecule has 2 aromatic heterocycles. The minimum atomic E-state index is -0.978. The molecule has 28 heavy (non-hydrogen) atoms. The number of fused-ring (bicyclic) bond motifs is 2. The Labute approximate surface area is 164 Å². The van der Waals surface area contributed by atoms with Gasteiger partial charge in [-0.15, -0.1) is 11.3 Å². The number of hydrogen-bond acceptors (Lipinski definition) is 5. The summed E-state index contributed by atoms with van der Waals surface area (Å²) in [5.74, 6) is -0.482. The highest BCUT2D eigenvalue weighted by molar-refractivity contribution is 7.13. The quantitative estimate of drug-likeness (QED) is 0.705. The van der Waals surface area contributed by atoms with Gasteiger partial charge in [0.1, 0.15) is 10.7 Å². The Bertz CT molecular complexity index is 1130. The van der Waals surface area contributed by atoms with Crippen molar-refractivity contribution in [3.05, 3.63) is 61.8 Å². The third kappa shape index (κ3) is 3.55. The molecule has 0 aliphatic carbocycles. The maximum absolute atomic E-state index is 12.8. The zero-order valence-corrected chi connectivity index (χ0v) is 15.9. The Morgan fingerprint density at radius 2 is 2.04 bits per heavy atom. The maximum atomic E-state index is 12.8. The Morgan fingerprint density at radius 3 is 2.82 bits per heavy atom. The van der Waals surface area contributed by atoms with Crippen LogP contribution in [0.15, 0.2) is 35.1 Å². The molecular formula is C20H19N3O4S. The smallest absolute Gasteiger partial charge is 0.345 e. The lowest BCUT2D eigenvalue weighted by Gasteiger charge is -2.11. The molecule has 1 amide bonds. The molecule has 0 fully saturated rings. The molecular weight excluding hydrogens is 378 g/mol. The molecule has 3 aromatic rings. The van der Waals surface area contributed by atoms with E-state index in [-0.39, 0.29) is 22.9 Å². The number of nitrogens with one attached hydrogen (secondary N) is 1. The van der Waals surface area contributed by atoms with Gasteiger partial charge in [0.05, 0.1) is 17.4 Å². The van der Waals surface area contributed by atoms with E-state index in [9.17, 15) is 14.4 Å². The first-order valence-corrected chi connectivity index (χ1v) is 9.98. The molecule has 0 atom stereocenters. The molecule has 1 aromatic carbocycles. The highest BCUT2D eigenvalue weighted by Gasteiger charge is 2.15. The van der Waals surface area contributed by atoms with Crippen molar-refractivity contribution >= 4 is 34.1 Å². The summed E-state index contributed by atoms with van der Waals surface area (Å²) >= 11 is 1.13. The normalized spacial score (nSPS) is 13.7. The van der Waals surface area contributed by atoms with Gasteiger partial charge in [-0.25, -0.2) is 9.78 Å². The molecule has 7 nitrogen and oxygen atoms in total. The fourth-order valence-corrected chi connectivity index (χ4v) is 4.20. The zero-order valence-electron chi connectivity index (χ0n) is 15.1. The molecule has 0 bridgehead atoms. The van der Waals surface area contributed by atoms with Gasteiger partial charge in [0.15, 0.2) is 0 Å². The average Bonchev–Trinajstić information content (AvgIpc) is 3.04. The van der Waals surface area contributed by atoms with Gasteiger partial charge in [-0.1, -0.05) is 6.42 Å². The zero-order chi connectivity index (χ0) is 19.7. The number of carboxylic acids is 1. The molecule has 3 heterocycles. The molecule has 1 aliphatic rings. The molecule has 8 heteroatoms. The van der Waals surface area contributed by atoms with Crippen LogP contribution in [0.5, 0.6) is 0 Å². The summed E-state index contributed by atoms with van der Waals surface area (Å²) < 4.78 is 1.76. The Kier molecular flexibility index (Phi) is 4.95. The van der Waals surface area contributed by atoms with Crippen LogP contribution < -0.4 is 10.9 Å². The molecule has 0 saturated carbocycles.